The van der Waals surface area contributed by atoms with Crippen LogP contribution in [0.4, 0.5) is 14.5 Å². The van der Waals surface area contributed by atoms with Crippen molar-refractivity contribution in [3.8, 4) is 0 Å². The first-order valence-electron chi connectivity index (χ1n) is 5.08. The number of carbonyl (C=O) groups excluding carboxylic acids is 1. The molecule has 0 saturated carbocycles. The van der Waals surface area contributed by atoms with Gasteiger partial charge >= 0.3 is 0 Å². The van der Waals surface area contributed by atoms with Crippen LogP contribution in [0.15, 0.2) is 42.5 Å². The van der Waals surface area contributed by atoms with Crippen LogP contribution in [0.1, 0.15) is 10.4 Å². The van der Waals surface area contributed by atoms with Crippen molar-refractivity contribution in [2.45, 2.75) is 0 Å². The molecule has 0 bridgehead atoms. The standard InChI is InChI=1S/C13H8F2INO/c14-8-1-4-10(5-2-8)17-13(18)11-6-3-9(16)7-12(11)15/h1-7H,(H,17,18). The minimum atomic E-state index is -0.582. The van der Waals surface area contributed by atoms with Crippen LogP contribution in [0.5, 0.6) is 0 Å². The molecule has 2 rings (SSSR count). The van der Waals surface area contributed by atoms with E-state index in [0.29, 0.717) is 9.26 Å². The number of nitrogens with one attached hydrogen (secondary N) is 1. The van der Waals surface area contributed by atoms with Gasteiger partial charge in [0.2, 0.25) is 0 Å². The van der Waals surface area contributed by atoms with Crippen LogP contribution in [0.25, 0.3) is 0 Å². The summed E-state index contributed by atoms with van der Waals surface area (Å²) in [5.41, 5.74) is 0.374. The summed E-state index contributed by atoms with van der Waals surface area (Å²) in [6, 6.07) is 9.61. The van der Waals surface area contributed by atoms with Crippen molar-refractivity contribution >= 4 is 34.2 Å². The molecule has 2 aromatic rings. The zero-order valence-electron chi connectivity index (χ0n) is 9.08. The van der Waals surface area contributed by atoms with Crippen molar-refractivity contribution in [2.24, 2.45) is 0 Å². The molecule has 0 heterocycles. The lowest BCUT2D eigenvalue weighted by Gasteiger charge is -2.06. The minimum absolute atomic E-state index is 0.0419. The molecule has 1 N–H and O–H groups in total. The number of rotatable bonds is 2. The minimum Gasteiger partial charge on any atom is -0.322 e. The number of benzene rings is 2. The van der Waals surface area contributed by atoms with Gasteiger partial charge in [-0.05, 0) is 65.1 Å². The molecule has 0 atom stereocenters. The van der Waals surface area contributed by atoms with Crippen molar-refractivity contribution in [1.82, 2.24) is 0 Å². The summed E-state index contributed by atoms with van der Waals surface area (Å²) in [7, 11) is 0. The number of hydrogen-bond acceptors (Lipinski definition) is 1. The van der Waals surface area contributed by atoms with Gasteiger partial charge in [0.15, 0.2) is 0 Å². The van der Waals surface area contributed by atoms with Crippen molar-refractivity contribution in [1.29, 1.82) is 0 Å². The van der Waals surface area contributed by atoms with E-state index in [9.17, 15) is 13.6 Å². The number of anilines is 1. The van der Waals surface area contributed by atoms with E-state index in [0.717, 1.165) is 0 Å². The van der Waals surface area contributed by atoms with Gasteiger partial charge in [0.25, 0.3) is 5.91 Å². The molecule has 18 heavy (non-hydrogen) atoms. The average Bonchev–Trinajstić information content (AvgIpc) is 2.32. The summed E-state index contributed by atoms with van der Waals surface area (Å²) in [6.07, 6.45) is 0. The highest BCUT2D eigenvalue weighted by Crippen LogP contribution is 2.15. The lowest BCUT2D eigenvalue weighted by atomic mass is 10.2. The molecule has 0 aliphatic rings. The monoisotopic (exact) mass is 359 g/mol. The molecule has 0 radical (unpaired) electrons. The van der Waals surface area contributed by atoms with Crippen molar-refractivity contribution in [3.63, 3.8) is 0 Å². The SMILES string of the molecule is O=C(Nc1ccc(F)cc1)c1ccc(I)cc1F. The van der Waals surface area contributed by atoms with Gasteiger partial charge in [-0.15, -0.1) is 0 Å². The zero-order valence-corrected chi connectivity index (χ0v) is 11.2. The van der Waals surface area contributed by atoms with Gasteiger partial charge in [-0.3, -0.25) is 4.79 Å². The second-order valence-electron chi connectivity index (χ2n) is 3.59. The second kappa shape index (κ2) is 5.43. The molecule has 0 fully saturated rings. The maximum Gasteiger partial charge on any atom is 0.258 e. The van der Waals surface area contributed by atoms with E-state index in [1.165, 1.54) is 36.4 Å². The highest BCUT2D eigenvalue weighted by Gasteiger charge is 2.11. The Bertz CT molecular complexity index is 584. The van der Waals surface area contributed by atoms with E-state index in [1.54, 1.807) is 6.07 Å². The Morgan fingerprint density at radius 3 is 2.33 bits per heavy atom. The van der Waals surface area contributed by atoms with Gasteiger partial charge in [0.1, 0.15) is 11.6 Å². The van der Waals surface area contributed by atoms with Crippen LogP contribution in [0.2, 0.25) is 0 Å². The average molecular weight is 359 g/mol. The molecule has 0 spiro atoms. The van der Waals surface area contributed by atoms with Crippen molar-refractivity contribution in [3.05, 3.63) is 63.2 Å². The van der Waals surface area contributed by atoms with Gasteiger partial charge in [-0.1, -0.05) is 0 Å². The Labute approximate surface area is 116 Å². The third-order valence-corrected chi connectivity index (χ3v) is 2.95. The molecule has 0 unspecified atom stereocenters. The quantitative estimate of drug-likeness (QED) is 0.812. The van der Waals surface area contributed by atoms with E-state index in [4.69, 9.17) is 0 Å². The first kappa shape index (κ1) is 12.9. The van der Waals surface area contributed by atoms with Gasteiger partial charge in [0.05, 0.1) is 5.56 Å². The van der Waals surface area contributed by atoms with E-state index in [2.05, 4.69) is 5.32 Å². The largest absolute Gasteiger partial charge is 0.322 e. The predicted molar refractivity (Wildman–Crippen MR) is 73.5 cm³/mol. The van der Waals surface area contributed by atoms with E-state index >= 15 is 0 Å². The van der Waals surface area contributed by atoms with Gasteiger partial charge in [-0.2, -0.15) is 0 Å². The zero-order chi connectivity index (χ0) is 13.1. The first-order valence-corrected chi connectivity index (χ1v) is 6.16. The summed E-state index contributed by atoms with van der Waals surface area (Å²) < 4.78 is 26.9. The van der Waals surface area contributed by atoms with Crippen LogP contribution in [-0.4, -0.2) is 5.91 Å². The fourth-order valence-corrected chi connectivity index (χ4v) is 1.86. The van der Waals surface area contributed by atoms with Crippen LogP contribution < -0.4 is 5.32 Å². The Kier molecular flexibility index (Phi) is 3.90. The summed E-state index contributed by atoms with van der Waals surface area (Å²) in [6.45, 7) is 0. The van der Waals surface area contributed by atoms with E-state index < -0.39 is 17.5 Å². The van der Waals surface area contributed by atoms with Gasteiger partial charge in [0, 0.05) is 9.26 Å². The molecule has 0 aliphatic heterocycles. The lowest BCUT2D eigenvalue weighted by Crippen LogP contribution is -2.13. The number of hydrogen-bond donors (Lipinski definition) is 1. The van der Waals surface area contributed by atoms with Gasteiger partial charge < -0.3 is 5.32 Å². The molecule has 2 aromatic carbocycles. The summed E-state index contributed by atoms with van der Waals surface area (Å²) in [5.74, 6) is -1.54. The number of halogens is 3. The van der Waals surface area contributed by atoms with Crippen molar-refractivity contribution in [2.75, 3.05) is 5.32 Å². The maximum atomic E-state index is 13.5. The Morgan fingerprint density at radius 1 is 1.06 bits per heavy atom. The lowest BCUT2D eigenvalue weighted by molar-refractivity contribution is 0.102. The third kappa shape index (κ3) is 3.04. The molecular formula is C13H8F2INO. The van der Waals surface area contributed by atoms with Gasteiger partial charge in [-0.25, -0.2) is 8.78 Å². The normalized spacial score (nSPS) is 10.2. The summed E-state index contributed by atoms with van der Waals surface area (Å²) in [5, 5.41) is 2.50. The molecule has 92 valence electrons. The maximum absolute atomic E-state index is 13.5. The molecule has 2 nitrogen and oxygen atoms in total. The summed E-state index contributed by atoms with van der Waals surface area (Å²) >= 11 is 1.96. The smallest absolute Gasteiger partial charge is 0.258 e. The Balaban J connectivity index is 2.19. The highest BCUT2D eigenvalue weighted by molar-refractivity contribution is 14.1. The van der Waals surface area contributed by atoms with Crippen LogP contribution >= 0.6 is 22.6 Å². The predicted octanol–water partition coefficient (Wildman–Crippen LogP) is 3.82. The van der Waals surface area contributed by atoms with Crippen LogP contribution in [0, 0.1) is 15.2 Å². The number of amides is 1. The topological polar surface area (TPSA) is 29.1 Å². The Hall–Kier alpha value is -1.50. The molecule has 0 aliphatic carbocycles. The first-order chi connectivity index (χ1) is 8.56. The van der Waals surface area contributed by atoms with Crippen molar-refractivity contribution < 1.29 is 13.6 Å². The van der Waals surface area contributed by atoms with E-state index in [1.807, 2.05) is 22.6 Å². The molecule has 1 amide bonds. The fraction of sp³-hybridized carbons (Fsp3) is 0. The third-order valence-electron chi connectivity index (χ3n) is 2.28. The Morgan fingerprint density at radius 2 is 1.72 bits per heavy atom. The van der Waals surface area contributed by atoms with Crippen LogP contribution in [-0.2, 0) is 0 Å². The molecule has 5 heteroatoms. The molecule has 0 saturated heterocycles. The number of carbonyl (C=O) groups is 1. The summed E-state index contributed by atoms with van der Waals surface area (Å²) in [4.78, 5) is 11.8. The fourth-order valence-electron chi connectivity index (χ4n) is 1.41. The molecular weight excluding hydrogens is 351 g/mol. The second-order valence-corrected chi connectivity index (χ2v) is 4.83. The highest BCUT2D eigenvalue weighted by atomic mass is 127. The molecule has 0 aromatic heterocycles. The van der Waals surface area contributed by atoms with E-state index in [-0.39, 0.29) is 5.56 Å². The van der Waals surface area contributed by atoms with Crippen LogP contribution in [0.3, 0.4) is 0 Å².